The predicted octanol–water partition coefficient (Wildman–Crippen LogP) is 2.76. The third kappa shape index (κ3) is 4.23. The number of hydroxylamine groups is 1. The fraction of sp³-hybridized carbons (Fsp3) is 0.238. The van der Waals surface area contributed by atoms with E-state index in [1.807, 2.05) is 36.1 Å². The fourth-order valence-corrected chi connectivity index (χ4v) is 3.80. The number of carbonyl (C=O) groups is 1. The monoisotopic (exact) mass is 447 g/mol. The zero-order valence-corrected chi connectivity index (χ0v) is 17.7. The summed E-state index contributed by atoms with van der Waals surface area (Å²) in [6, 6.07) is 10.5. The normalized spacial score (nSPS) is 15.6. The molecular weight excluding hydrogens is 426 g/mol. The highest BCUT2D eigenvalue weighted by atomic mass is 16.5. The zero-order valence-electron chi connectivity index (χ0n) is 17.7. The SMILES string of the molecule is Cc1cc(Nc2cc(C(=O)NO)nc(N3CCCC3c3cc(-c4ccccn4)no3)n2)n[nH]1. The maximum absolute atomic E-state index is 12.1. The molecule has 4 aromatic heterocycles. The number of hydrogen-bond donors (Lipinski definition) is 4. The van der Waals surface area contributed by atoms with Crippen molar-refractivity contribution in [2.75, 3.05) is 16.8 Å². The van der Waals surface area contributed by atoms with Crippen LogP contribution in [0.3, 0.4) is 0 Å². The minimum absolute atomic E-state index is 0.00894. The van der Waals surface area contributed by atoms with Gasteiger partial charge in [0.1, 0.15) is 17.2 Å². The quantitative estimate of drug-likeness (QED) is 0.256. The van der Waals surface area contributed by atoms with Gasteiger partial charge in [-0.2, -0.15) is 10.1 Å². The van der Waals surface area contributed by atoms with Crippen LogP contribution in [0.15, 0.2) is 47.1 Å². The van der Waals surface area contributed by atoms with Gasteiger partial charge >= 0.3 is 0 Å². The van der Waals surface area contributed by atoms with Gasteiger partial charge in [0.25, 0.3) is 5.91 Å². The van der Waals surface area contributed by atoms with Crippen molar-refractivity contribution in [3.63, 3.8) is 0 Å². The lowest BCUT2D eigenvalue weighted by atomic mass is 10.1. The molecule has 1 aliphatic rings. The number of nitrogens with one attached hydrogen (secondary N) is 3. The van der Waals surface area contributed by atoms with Gasteiger partial charge in [-0.05, 0) is 31.9 Å². The van der Waals surface area contributed by atoms with Crippen molar-refractivity contribution in [1.29, 1.82) is 0 Å². The molecule has 1 amide bonds. The Balaban J connectivity index is 1.47. The third-order valence-corrected chi connectivity index (χ3v) is 5.30. The lowest BCUT2D eigenvalue weighted by Gasteiger charge is -2.23. The van der Waals surface area contributed by atoms with Crippen molar-refractivity contribution >= 4 is 23.5 Å². The van der Waals surface area contributed by atoms with E-state index < -0.39 is 5.91 Å². The summed E-state index contributed by atoms with van der Waals surface area (Å²) in [5.74, 6) is 1.14. The van der Waals surface area contributed by atoms with E-state index in [9.17, 15) is 4.79 Å². The Kier molecular flexibility index (Phi) is 5.40. The van der Waals surface area contributed by atoms with Crippen molar-refractivity contribution in [1.82, 2.24) is 35.8 Å². The van der Waals surface area contributed by atoms with Gasteiger partial charge in [0.05, 0.1) is 11.7 Å². The standard InChI is InChI=1S/C21H21N9O3/c1-12-9-19(27-26-12)24-18-11-15(20(31)28-32)23-21(25-18)30-8-4-6-16(30)17-10-14(29-33-17)13-5-2-3-7-22-13/h2-3,5,7,9-11,16,32H,4,6,8H2,1H3,(H,28,31)(H2,23,24,25,26,27). The van der Waals surface area contributed by atoms with Crippen LogP contribution in [-0.4, -0.2) is 48.0 Å². The molecule has 0 saturated carbocycles. The first-order chi connectivity index (χ1) is 16.1. The second-order valence-electron chi connectivity index (χ2n) is 7.62. The van der Waals surface area contributed by atoms with Crippen molar-refractivity contribution in [3.8, 4) is 11.4 Å². The number of aromatic amines is 1. The molecule has 5 rings (SSSR count). The smallest absolute Gasteiger partial charge is 0.293 e. The van der Waals surface area contributed by atoms with Crippen LogP contribution < -0.4 is 15.7 Å². The number of aromatic nitrogens is 6. The highest BCUT2D eigenvalue weighted by Crippen LogP contribution is 2.36. The van der Waals surface area contributed by atoms with Crippen LogP contribution in [0.4, 0.5) is 17.6 Å². The van der Waals surface area contributed by atoms with Crippen LogP contribution in [0.1, 0.15) is 40.8 Å². The highest BCUT2D eigenvalue weighted by Gasteiger charge is 2.32. The second kappa shape index (κ2) is 8.67. The van der Waals surface area contributed by atoms with Gasteiger partial charge in [-0.15, -0.1) is 0 Å². The summed E-state index contributed by atoms with van der Waals surface area (Å²) in [5, 5.41) is 23.3. The summed E-state index contributed by atoms with van der Waals surface area (Å²) in [4.78, 5) is 27.4. The molecule has 1 unspecified atom stereocenters. The lowest BCUT2D eigenvalue weighted by Crippen LogP contribution is -2.27. The molecule has 0 bridgehead atoms. The summed E-state index contributed by atoms with van der Waals surface area (Å²) in [5.41, 5.74) is 3.86. The largest absolute Gasteiger partial charge is 0.358 e. The first-order valence-electron chi connectivity index (χ1n) is 10.4. The van der Waals surface area contributed by atoms with E-state index >= 15 is 0 Å². The first kappa shape index (κ1) is 20.6. The number of amides is 1. The summed E-state index contributed by atoms with van der Waals surface area (Å²) in [6.45, 7) is 2.54. The maximum Gasteiger partial charge on any atom is 0.293 e. The zero-order chi connectivity index (χ0) is 22.8. The molecule has 0 aromatic carbocycles. The summed E-state index contributed by atoms with van der Waals surface area (Å²) < 4.78 is 5.65. The van der Waals surface area contributed by atoms with E-state index in [4.69, 9.17) is 9.73 Å². The molecule has 12 heteroatoms. The Hall–Kier alpha value is -4.32. The molecule has 33 heavy (non-hydrogen) atoms. The fourth-order valence-electron chi connectivity index (χ4n) is 3.80. The summed E-state index contributed by atoms with van der Waals surface area (Å²) in [7, 11) is 0. The highest BCUT2D eigenvalue weighted by molar-refractivity contribution is 5.92. The van der Waals surface area contributed by atoms with Gasteiger partial charge in [0.2, 0.25) is 5.95 Å². The predicted molar refractivity (Wildman–Crippen MR) is 117 cm³/mol. The molecule has 1 atom stereocenters. The van der Waals surface area contributed by atoms with Crippen molar-refractivity contribution < 1.29 is 14.5 Å². The Morgan fingerprint density at radius 2 is 2.12 bits per heavy atom. The average Bonchev–Trinajstić information content (AvgIpc) is 3.59. The van der Waals surface area contributed by atoms with Gasteiger partial charge < -0.3 is 14.7 Å². The van der Waals surface area contributed by atoms with E-state index in [1.165, 1.54) is 6.07 Å². The van der Waals surface area contributed by atoms with Crippen LogP contribution in [-0.2, 0) is 0 Å². The van der Waals surface area contributed by atoms with Crippen LogP contribution in [0, 0.1) is 6.92 Å². The van der Waals surface area contributed by atoms with Crippen LogP contribution in [0.25, 0.3) is 11.4 Å². The number of anilines is 3. The Morgan fingerprint density at radius 3 is 2.88 bits per heavy atom. The number of carbonyl (C=O) groups excluding carboxylic acids is 1. The van der Waals surface area contributed by atoms with E-state index in [1.54, 1.807) is 17.7 Å². The van der Waals surface area contributed by atoms with Gasteiger partial charge in [-0.25, -0.2) is 10.5 Å². The molecule has 4 aromatic rings. The van der Waals surface area contributed by atoms with Crippen molar-refractivity contribution in [2.45, 2.75) is 25.8 Å². The number of pyridine rings is 1. The summed E-state index contributed by atoms with van der Waals surface area (Å²) >= 11 is 0. The molecule has 168 valence electrons. The minimum atomic E-state index is -0.743. The molecule has 0 aliphatic carbocycles. The number of rotatable bonds is 6. The Labute approximate surface area is 188 Å². The number of nitrogens with zero attached hydrogens (tertiary/aromatic N) is 6. The molecule has 12 nitrogen and oxygen atoms in total. The molecule has 5 heterocycles. The average molecular weight is 447 g/mol. The molecular formula is C21H21N9O3. The lowest BCUT2D eigenvalue weighted by molar-refractivity contribution is 0.0700. The van der Waals surface area contributed by atoms with Gasteiger partial charge in [0.15, 0.2) is 11.6 Å². The molecule has 1 aliphatic heterocycles. The van der Waals surface area contributed by atoms with E-state index in [-0.39, 0.29) is 11.7 Å². The van der Waals surface area contributed by atoms with Crippen LogP contribution >= 0.6 is 0 Å². The Morgan fingerprint density at radius 1 is 1.21 bits per heavy atom. The van der Waals surface area contributed by atoms with E-state index in [0.717, 1.165) is 24.2 Å². The number of H-pyrrole nitrogens is 1. The molecule has 4 N–H and O–H groups in total. The van der Waals surface area contributed by atoms with Gasteiger partial charge in [-0.3, -0.25) is 20.1 Å². The number of aryl methyl sites for hydroxylation is 1. The number of hydrogen-bond acceptors (Lipinski definition) is 10. The van der Waals surface area contributed by atoms with Crippen LogP contribution in [0.2, 0.25) is 0 Å². The van der Waals surface area contributed by atoms with Crippen LogP contribution in [0.5, 0.6) is 0 Å². The van der Waals surface area contributed by atoms with E-state index in [2.05, 4.69) is 35.6 Å². The first-order valence-corrected chi connectivity index (χ1v) is 10.4. The maximum atomic E-state index is 12.1. The summed E-state index contributed by atoms with van der Waals surface area (Å²) in [6.07, 6.45) is 3.38. The molecule has 1 fully saturated rings. The molecule has 0 spiro atoms. The molecule has 1 saturated heterocycles. The second-order valence-corrected chi connectivity index (χ2v) is 7.62. The van der Waals surface area contributed by atoms with Crippen molar-refractivity contribution in [2.24, 2.45) is 0 Å². The van der Waals surface area contributed by atoms with E-state index in [0.29, 0.717) is 35.6 Å². The topological polar surface area (TPSA) is 158 Å². The molecule has 0 radical (unpaired) electrons. The van der Waals surface area contributed by atoms with Gasteiger partial charge in [0, 0.05) is 36.6 Å². The Bertz CT molecular complexity index is 1270. The minimum Gasteiger partial charge on any atom is -0.358 e. The third-order valence-electron chi connectivity index (χ3n) is 5.30. The van der Waals surface area contributed by atoms with Gasteiger partial charge in [-0.1, -0.05) is 11.2 Å². The van der Waals surface area contributed by atoms with Crippen molar-refractivity contribution in [3.05, 3.63) is 59.7 Å².